The Bertz CT molecular complexity index is 2030. The van der Waals surface area contributed by atoms with Crippen molar-refractivity contribution in [2.75, 3.05) is 19.7 Å². The molecular weight excluding hydrogens is 979 g/mol. The number of nitrogens with zero attached hydrogens (tertiary/aromatic N) is 1. The minimum atomic E-state index is -1.81. The van der Waals surface area contributed by atoms with Crippen molar-refractivity contribution in [3.8, 4) is 0 Å². The molecule has 418 valence electrons. The first-order chi connectivity index (χ1) is 34.5. The van der Waals surface area contributed by atoms with Crippen molar-refractivity contribution in [2.24, 2.45) is 40.5 Å². The van der Waals surface area contributed by atoms with Crippen LogP contribution >= 0.6 is 0 Å². The summed E-state index contributed by atoms with van der Waals surface area (Å²) in [6.45, 7) is 6.99. The average Bonchev–Trinajstić information content (AvgIpc) is 3.81. The number of nitrogens with one attached hydrogen (secondary N) is 9. The first-order valence-corrected chi connectivity index (χ1v) is 24.2. The number of carboxylic acids is 1. The summed E-state index contributed by atoms with van der Waals surface area (Å²) in [6.07, 6.45) is -2.97. The van der Waals surface area contributed by atoms with Gasteiger partial charge in [-0.1, -0.05) is 34.1 Å². The van der Waals surface area contributed by atoms with E-state index < -0.39 is 163 Å². The van der Waals surface area contributed by atoms with E-state index in [1.54, 1.807) is 27.7 Å². The number of hydrogen-bond acceptors (Lipinski definition) is 16. The number of likely N-dealkylation sites (tertiary alicyclic amines) is 1. The van der Waals surface area contributed by atoms with Gasteiger partial charge in [-0.25, -0.2) is 4.79 Å². The van der Waals surface area contributed by atoms with E-state index >= 15 is 0 Å². The summed E-state index contributed by atoms with van der Waals surface area (Å²) < 4.78 is 0. The number of aliphatic hydroxyl groups is 2. The molecule has 0 saturated carbocycles. The smallest absolute Gasteiger partial charge is 0.328 e. The molecular formula is C44H77N15O15. The third-order valence-corrected chi connectivity index (χ3v) is 11.8. The maximum absolute atomic E-state index is 14.4. The van der Waals surface area contributed by atoms with Gasteiger partial charge < -0.3 is 91.4 Å². The number of carbonyl (C=O) groups excluding carboxylic acids is 11. The molecule has 0 unspecified atom stereocenters. The van der Waals surface area contributed by atoms with Crippen LogP contribution in [0.15, 0.2) is 0 Å². The van der Waals surface area contributed by atoms with E-state index in [4.69, 9.17) is 34.1 Å². The molecule has 0 aromatic heterocycles. The topological polar surface area (TPSA) is 519 Å². The molecule has 22 N–H and O–H groups in total. The van der Waals surface area contributed by atoms with Gasteiger partial charge in [0.05, 0.1) is 25.2 Å². The molecule has 30 nitrogen and oxygen atoms in total. The predicted molar refractivity (Wildman–Crippen MR) is 261 cm³/mol. The fourth-order valence-electron chi connectivity index (χ4n) is 7.51. The number of aliphatic hydroxyl groups excluding tert-OH is 2. The second-order valence-corrected chi connectivity index (χ2v) is 18.5. The number of carboxylic acid groups (broad SMARTS) is 1. The summed E-state index contributed by atoms with van der Waals surface area (Å²) in [4.78, 5) is 157. The second-order valence-electron chi connectivity index (χ2n) is 18.5. The lowest BCUT2D eigenvalue weighted by atomic mass is 9.95. The molecule has 1 heterocycles. The number of aliphatic carboxylic acids is 1. The normalized spacial score (nSPS) is 17.2. The summed E-state index contributed by atoms with van der Waals surface area (Å²) in [5.41, 5.74) is 26.9. The lowest BCUT2D eigenvalue weighted by Gasteiger charge is -2.33. The molecule has 1 aliphatic heterocycles. The summed E-state index contributed by atoms with van der Waals surface area (Å²) in [6, 6.07) is -13.5. The van der Waals surface area contributed by atoms with Crippen LogP contribution < -0.4 is 71.2 Å². The van der Waals surface area contributed by atoms with Crippen molar-refractivity contribution in [1.29, 1.82) is 5.41 Å². The first-order valence-electron chi connectivity index (χ1n) is 24.2. The number of primary amides is 3. The van der Waals surface area contributed by atoms with Crippen molar-refractivity contribution in [3.05, 3.63) is 0 Å². The molecule has 74 heavy (non-hydrogen) atoms. The summed E-state index contributed by atoms with van der Waals surface area (Å²) in [5, 5.41) is 56.3. The fourth-order valence-corrected chi connectivity index (χ4v) is 7.51. The molecule has 11 atom stereocenters. The Labute approximate surface area is 427 Å². The molecule has 0 aromatic carbocycles. The van der Waals surface area contributed by atoms with Gasteiger partial charge in [-0.15, -0.1) is 0 Å². The van der Waals surface area contributed by atoms with Gasteiger partial charge in [0, 0.05) is 25.9 Å². The lowest BCUT2D eigenvalue weighted by Crippen LogP contribution is -2.61. The summed E-state index contributed by atoms with van der Waals surface area (Å²) in [5.74, 6) is -13.1. The highest BCUT2D eigenvalue weighted by Gasteiger charge is 2.42. The number of nitrogens with two attached hydrogens (primary N) is 5. The largest absolute Gasteiger partial charge is 0.480 e. The predicted octanol–water partition coefficient (Wildman–Crippen LogP) is -7.08. The molecule has 11 amide bonds. The Hall–Kier alpha value is -7.21. The van der Waals surface area contributed by atoms with Crippen LogP contribution in [0, 0.1) is 17.2 Å². The highest BCUT2D eigenvalue weighted by molar-refractivity contribution is 5.99. The van der Waals surface area contributed by atoms with Crippen LogP contribution in [0.2, 0.25) is 0 Å². The first kappa shape index (κ1) is 64.8. The Morgan fingerprint density at radius 2 is 1.15 bits per heavy atom. The Morgan fingerprint density at radius 1 is 0.649 bits per heavy atom. The van der Waals surface area contributed by atoms with E-state index in [0.717, 1.165) is 6.92 Å². The van der Waals surface area contributed by atoms with E-state index in [0.29, 0.717) is 12.8 Å². The zero-order valence-electron chi connectivity index (χ0n) is 42.4. The number of hydrogen-bond donors (Lipinski definition) is 17. The molecule has 0 radical (unpaired) electrons. The van der Waals surface area contributed by atoms with Gasteiger partial charge >= 0.3 is 5.97 Å². The molecule has 0 bridgehead atoms. The van der Waals surface area contributed by atoms with Crippen molar-refractivity contribution >= 4 is 76.9 Å². The van der Waals surface area contributed by atoms with Crippen LogP contribution in [-0.2, 0) is 57.5 Å². The van der Waals surface area contributed by atoms with Gasteiger partial charge in [0.2, 0.25) is 65.0 Å². The van der Waals surface area contributed by atoms with Crippen LogP contribution in [0.4, 0.5) is 0 Å². The minimum absolute atomic E-state index is 0.0126. The van der Waals surface area contributed by atoms with Gasteiger partial charge in [0.25, 0.3) is 0 Å². The Balaban J connectivity index is 3.46. The SMILES string of the molecule is CC[C@H](C)[C@H](NC(=O)[C@H](CC(C)C)NC(=O)[C@H](CCCNC(=N)N)NC(=O)[C@H](CO)NC(=O)[C@H](CCC(N)=O)NC(=O)[C@@H](N)CCC(N)=O)C(=O)N1CCC[C@H]1C(=O)N[C@@H](CC(N)=O)C(=O)N[C@H](C(=O)O)[C@@H](C)O. The maximum atomic E-state index is 14.4. The van der Waals surface area contributed by atoms with Crippen LogP contribution in [0.25, 0.3) is 0 Å². The second kappa shape index (κ2) is 32.1. The average molecular weight is 1060 g/mol. The minimum Gasteiger partial charge on any atom is -0.480 e. The monoisotopic (exact) mass is 1060 g/mol. The van der Waals surface area contributed by atoms with Gasteiger partial charge in [-0.3, -0.25) is 58.1 Å². The Morgan fingerprint density at radius 3 is 1.66 bits per heavy atom. The van der Waals surface area contributed by atoms with Crippen molar-refractivity contribution in [2.45, 2.75) is 166 Å². The van der Waals surface area contributed by atoms with E-state index in [1.165, 1.54) is 4.90 Å². The van der Waals surface area contributed by atoms with Gasteiger partial charge in [0.15, 0.2) is 12.0 Å². The zero-order valence-corrected chi connectivity index (χ0v) is 42.4. The van der Waals surface area contributed by atoms with E-state index in [1.807, 2.05) is 0 Å². The number of carbonyl (C=O) groups is 12. The Kier molecular flexibility index (Phi) is 28.1. The van der Waals surface area contributed by atoms with Crippen LogP contribution in [-0.4, -0.2) is 177 Å². The maximum Gasteiger partial charge on any atom is 0.328 e. The third-order valence-electron chi connectivity index (χ3n) is 11.8. The van der Waals surface area contributed by atoms with Gasteiger partial charge in [0.1, 0.15) is 42.3 Å². The van der Waals surface area contributed by atoms with Crippen LogP contribution in [0.5, 0.6) is 0 Å². The number of rotatable bonds is 34. The molecule has 1 fully saturated rings. The van der Waals surface area contributed by atoms with Gasteiger partial charge in [-0.2, -0.15) is 0 Å². The number of amides is 11. The van der Waals surface area contributed by atoms with Crippen LogP contribution in [0.1, 0.15) is 105 Å². The molecule has 0 aromatic rings. The highest BCUT2D eigenvalue weighted by Crippen LogP contribution is 2.22. The van der Waals surface area contributed by atoms with Crippen LogP contribution in [0.3, 0.4) is 0 Å². The van der Waals surface area contributed by atoms with Crippen molar-refractivity contribution in [3.63, 3.8) is 0 Å². The molecule has 1 saturated heterocycles. The lowest BCUT2D eigenvalue weighted by molar-refractivity contribution is -0.146. The van der Waals surface area contributed by atoms with Gasteiger partial charge in [-0.05, 0) is 63.7 Å². The van der Waals surface area contributed by atoms with E-state index in [9.17, 15) is 72.9 Å². The molecule has 0 aliphatic carbocycles. The summed E-state index contributed by atoms with van der Waals surface area (Å²) in [7, 11) is 0. The molecule has 30 heteroatoms. The molecule has 1 aliphatic rings. The molecule has 1 rings (SSSR count). The quantitative estimate of drug-likeness (QED) is 0.0162. The highest BCUT2D eigenvalue weighted by atomic mass is 16.4. The zero-order chi connectivity index (χ0) is 56.6. The third kappa shape index (κ3) is 22.7. The summed E-state index contributed by atoms with van der Waals surface area (Å²) >= 11 is 0. The molecule has 0 spiro atoms. The van der Waals surface area contributed by atoms with E-state index in [2.05, 4.69) is 42.5 Å². The fraction of sp³-hybridized carbons (Fsp3) is 0.705. The van der Waals surface area contributed by atoms with E-state index in [-0.39, 0.29) is 64.0 Å². The standard InChI is InChI=1S/C44H77N15O15/c1-6-21(4)33(42(72)59-16-8-10-29(59)41(71)55-27(18-32(48)64)39(69)58-34(22(5)61)43(73)74)57-38(68)26(17-20(2)3)54-36(66)24(9-7-15-51-44(49)50)53-40(70)28(19-60)56-37(67)25(12-14-31(47)63)52-35(65)23(45)11-13-30(46)62/h20-29,33-34,60-61H,6-19,45H2,1-5H3,(H2,46,62)(H2,47,63)(H2,48,64)(H,52,65)(H,53,70)(H,54,66)(H,55,71)(H,56,67)(H,57,68)(H,58,69)(H,73,74)(H4,49,50,51)/t21-,22+,23-,24-,25-,26-,27-,28-,29-,33-,34-/m0/s1. The van der Waals surface area contributed by atoms with Crippen molar-refractivity contribution in [1.82, 2.24) is 47.4 Å². The number of guanidine groups is 1. The van der Waals surface area contributed by atoms with Crippen molar-refractivity contribution < 1.29 is 72.9 Å².